The minimum atomic E-state index is -4.65. The summed E-state index contributed by atoms with van der Waals surface area (Å²) in [6.45, 7) is 10.1. The van der Waals surface area contributed by atoms with E-state index < -0.39 is 41.5 Å². The van der Waals surface area contributed by atoms with E-state index in [9.17, 15) is 22.8 Å². The van der Waals surface area contributed by atoms with Crippen LogP contribution in [-0.4, -0.2) is 59.3 Å². The molecule has 8 nitrogen and oxygen atoms in total. The molecule has 2 aromatic rings. The van der Waals surface area contributed by atoms with Crippen LogP contribution in [0.5, 0.6) is 0 Å². The van der Waals surface area contributed by atoms with Gasteiger partial charge >= 0.3 is 12.1 Å². The molecule has 2 N–H and O–H groups in total. The number of ether oxygens (including phenoxy) is 2. The van der Waals surface area contributed by atoms with Gasteiger partial charge in [0.1, 0.15) is 5.60 Å². The molecule has 11 heteroatoms. The number of H-pyrrole nitrogens is 1. The van der Waals surface area contributed by atoms with Crippen LogP contribution >= 0.6 is 0 Å². The molecule has 0 spiro atoms. The average molecular weight is 511 g/mol. The number of anilines is 1. The minimum absolute atomic E-state index is 0.0669. The van der Waals surface area contributed by atoms with Crippen LogP contribution in [0.1, 0.15) is 73.4 Å². The second-order valence-corrected chi connectivity index (χ2v) is 9.62. The van der Waals surface area contributed by atoms with Crippen molar-refractivity contribution in [3.63, 3.8) is 0 Å². The number of halogens is 3. The number of carbonyl (C=O) groups excluding carboxylic acids is 2. The van der Waals surface area contributed by atoms with Gasteiger partial charge in [-0.25, -0.2) is 9.78 Å². The quantitative estimate of drug-likeness (QED) is 0.538. The summed E-state index contributed by atoms with van der Waals surface area (Å²) in [6.07, 6.45) is -4.51. The van der Waals surface area contributed by atoms with Crippen LogP contribution in [-0.2, 0) is 22.1 Å². The van der Waals surface area contributed by atoms with Gasteiger partial charge in [-0.05, 0) is 58.7 Å². The standard InChI is InChI=1S/C25H33F3N4O4/c1-6-17-20(25(26,27)28)31-21(29-17)22(33)30-18-11-12-32(14-19(18)35-7-2)16-10-8-9-15(13-16)23(34)36-24(3,4)5/h8-10,13,18-19H,6-7,11-12,14H2,1-5H3,(H,29,31)(H,30,33)/t18-,19+/m1/s1. The predicted octanol–water partition coefficient (Wildman–Crippen LogP) is 4.36. The maximum absolute atomic E-state index is 13.2. The van der Waals surface area contributed by atoms with Gasteiger partial charge in [-0.3, -0.25) is 4.79 Å². The number of nitrogens with one attached hydrogen (secondary N) is 2. The Kier molecular flexibility index (Phi) is 8.33. The molecule has 198 valence electrons. The summed E-state index contributed by atoms with van der Waals surface area (Å²) >= 11 is 0. The van der Waals surface area contributed by atoms with Crippen molar-refractivity contribution in [1.29, 1.82) is 0 Å². The van der Waals surface area contributed by atoms with Gasteiger partial charge in [0, 0.05) is 31.1 Å². The number of imidazole rings is 1. The molecular formula is C25H33F3N4O4. The molecule has 0 aliphatic carbocycles. The van der Waals surface area contributed by atoms with Crippen LogP contribution < -0.4 is 10.2 Å². The molecule has 1 fully saturated rings. The van der Waals surface area contributed by atoms with E-state index in [0.29, 0.717) is 31.7 Å². The molecule has 2 heterocycles. The molecule has 1 aliphatic heterocycles. The molecular weight excluding hydrogens is 477 g/mol. The lowest BCUT2D eigenvalue weighted by Gasteiger charge is -2.39. The van der Waals surface area contributed by atoms with E-state index in [1.54, 1.807) is 45.9 Å². The highest BCUT2D eigenvalue weighted by Crippen LogP contribution is 2.31. The minimum Gasteiger partial charge on any atom is -0.456 e. The lowest BCUT2D eigenvalue weighted by molar-refractivity contribution is -0.141. The first-order valence-electron chi connectivity index (χ1n) is 12.0. The number of hydrogen-bond acceptors (Lipinski definition) is 6. The highest BCUT2D eigenvalue weighted by Gasteiger charge is 2.38. The van der Waals surface area contributed by atoms with Crippen LogP contribution in [0.2, 0.25) is 0 Å². The average Bonchev–Trinajstić information content (AvgIpc) is 3.25. The third kappa shape index (κ3) is 6.77. The van der Waals surface area contributed by atoms with E-state index in [0.717, 1.165) is 5.69 Å². The first-order valence-corrected chi connectivity index (χ1v) is 12.0. The Bertz CT molecular complexity index is 1080. The number of aromatic amines is 1. The summed E-state index contributed by atoms with van der Waals surface area (Å²) in [7, 11) is 0. The number of hydrogen-bond donors (Lipinski definition) is 2. The van der Waals surface area contributed by atoms with Crippen molar-refractivity contribution in [2.75, 3.05) is 24.6 Å². The van der Waals surface area contributed by atoms with E-state index in [1.165, 1.54) is 0 Å². The van der Waals surface area contributed by atoms with Crippen LogP contribution in [0, 0.1) is 0 Å². The van der Waals surface area contributed by atoms with Crippen molar-refractivity contribution in [2.45, 2.75) is 71.4 Å². The molecule has 0 bridgehead atoms. The van der Waals surface area contributed by atoms with E-state index in [1.807, 2.05) is 17.9 Å². The Balaban J connectivity index is 1.72. The van der Waals surface area contributed by atoms with Gasteiger partial charge in [0.05, 0.1) is 17.7 Å². The zero-order chi connectivity index (χ0) is 26.7. The highest BCUT2D eigenvalue weighted by molar-refractivity contribution is 5.91. The lowest BCUT2D eigenvalue weighted by atomic mass is 10.00. The topological polar surface area (TPSA) is 96.6 Å². The van der Waals surface area contributed by atoms with Crippen LogP contribution in [0.4, 0.5) is 18.9 Å². The van der Waals surface area contributed by atoms with Crippen molar-refractivity contribution in [2.24, 2.45) is 0 Å². The summed E-state index contributed by atoms with van der Waals surface area (Å²) in [5.74, 6) is -1.51. The van der Waals surface area contributed by atoms with Crippen molar-refractivity contribution in [1.82, 2.24) is 15.3 Å². The molecule has 1 aromatic carbocycles. The monoisotopic (exact) mass is 510 g/mol. The maximum Gasteiger partial charge on any atom is 0.435 e. The van der Waals surface area contributed by atoms with Crippen LogP contribution in [0.15, 0.2) is 24.3 Å². The molecule has 36 heavy (non-hydrogen) atoms. The summed E-state index contributed by atoms with van der Waals surface area (Å²) in [4.78, 5) is 33.3. The molecule has 3 rings (SSSR count). The number of benzene rings is 1. The van der Waals surface area contributed by atoms with Crippen molar-refractivity contribution in [3.05, 3.63) is 47.0 Å². The Morgan fingerprint density at radius 2 is 1.94 bits per heavy atom. The number of alkyl halides is 3. The Morgan fingerprint density at radius 3 is 2.53 bits per heavy atom. The highest BCUT2D eigenvalue weighted by atomic mass is 19.4. The molecule has 0 radical (unpaired) electrons. The second-order valence-electron chi connectivity index (χ2n) is 9.62. The largest absolute Gasteiger partial charge is 0.456 e. The van der Waals surface area contributed by atoms with Gasteiger partial charge in [0.15, 0.2) is 11.5 Å². The fourth-order valence-corrected chi connectivity index (χ4v) is 4.11. The number of amides is 1. The summed E-state index contributed by atoms with van der Waals surface area (Å²) < 4.78 is 51.0. The summed E-state index contributed by atoms with van der Waals surface area (Å²) in [5.41, 5.74) is -0.585. The lowest BCUT2D eigenvalue weighted by Crippen LogP contribution is -2.55. The second kappa shape index (κ2) is 10.9. The van der Waals surface area contributed by atoms with E-state index >= 15 is 0 Å². The fourth-order valence-electron chi connectivity index (χ4n) is 4.11. The molecule has 0 unspecified atom stereocenters. The molecule has 1 amide bonds. The smallest absolute Gasteiger partial charge is 0.435 e. The number of carbonyl (C=O) groups is 2. The SMILES string of the molecule is CCO[C@H]1CN(c2cccc(C(=O)OC(C)(C)C)c2)CC[C@H]1NC(=O)c1nc(C(F)(F)F)c(CC)[nH]1. The van der Waals surface area contributed by atoms with E-state index in [-0.39, 0.29) is 17.9 Å². The normalized spacial score (nSPS) is 18.7. The zero-order valence-corrected chi connectivity index (χ0v) is 21.2. The van der Waals surface area contributed by atoms with E-state index in [2.05, 4.69) is 15.3 Å². The molecule has 1 aliphatic rings. The number of nitrogens with zero attached hydrogens (tertiary/aromatic N) is 2. The fraction of sp³-hybridized carbons (Fsp3) is 0.560. The summed E-state index contributed by atoms with van der Waals surface area (Å²) in [5, 5.41) is 2.79. The third-order valence-electron chi connectivity index (χ3n) is 5.72. The Hall–Kier alpha value is -3.08. The number of rotatable bonds is 7. The van der Waals surface area contributed by atoms with Crippen molar-refractivity contribution < 1.29 is 32.2 Å². The number of piperidine rings is 1. The molecule has 1 aromatic heterocycles. The molecule has 1 saturated heterocycles. The first kappa shape index (κ1) is 27.5. The van der Waals surface area contributed by atoms with Gasteiger partial charge in [0.25, 0.3) is 5.91 Å². The van der Waals surface area contributed by atoms with Gasteiger partial charge in [-0.2, -0.15) is 13.2 Å². The maximum atomic E-state index is 13.2. The summed E-state index contributed by atoms with van der Waals surface area (Å²) in [6, 6.07) is 6.67. The predicted molar refractivity (Wildman–Crippen MR) is 128 cm³/mol. The number of esters is 1. The van der Waals surface area contributed by atoms with Gasteiger partial charge in [-0.1, -0.05) is 13.0 Å². The number of aromatic nitrogens is 2. The van der Waals surface area contributed by atoms with Gasteiger partial charge in [0.2, 0.25) is 0 Å². The Morgan fingerprint density at radius 1 is 1.22 bits per heavy atom. The van der Waals surface area contributed by atoms with Crippen molar-refractivity contribution >= 4 is 17.6 Å². The third-order valence-corrected chi connectivity index (χ3v) is 5.72. The first-order chi connectivity index (χ1) is 16.8. The van der Waals surface area contributed by atoms with Crippen molar-refractivity contribution in [3.8, 4) is 0 Å². The zero-order valence-electron chi connectivity index (χ0n) is 21.2. The Labute approximate surface area is 208 Å². The van der Waals surface area contributed by atoms with Gasteiger partial charge in [-0.15, -0.1) is 0 Å². The number of aryl methyl sites for hydroxylation is 1. The molecule has 2 atom stereocenters. The van der Waals surface area contributed by atoms with Gasteiger partial charge < -0.3 is 24.7 Å². The van der Waals surface area contributed by atoms with Crippen LogP contribution in [0.25, 0.3) is 0 Å². The molecule has 0 saturated carbocycles. The van der Waals surface area contributed by atoms with E-state index in [4.69, 9.17) is 9.47 Å². The van der Waals surface area contributed by atoms with Crippen LogP contribution in [0.3, 0.4) is 0 Å².